The minimum Gasteiger partial charge on any atom is -0.381 e. The van der Waals surface area contributed by atoms with E-state index in [9.17, 15) is 0 Å². The highest BCUT2D eigenvalue weighted by atomic mass is 16.5. The van der Waals surface area contributed by atoms with Crippen LogP contribution in [0.4, 0.5) is 0 Å². The lowest BCUT2D eigenvalue weighted by Crippen LogP contribution is -2.80. The van der Waals surface area contributed by atoms with Crippen molar-refractivity contribution in [3.05, 3.63) is 0 Å². The number of piperazine rings is 1. The summed E-state index contributed by atoms with van der Waals surface area (Å²) < 4.78 is 5.93. The quantitative estimate of drug-likeness (QED) is 0.477. The lowest BCUT2D eigenvalue weighted by atomic mass is 9.49. The Labute approximate surface area is 163 Å². The molecule has 132 valence electrons. The van der Waals surface area contributed by atoms with Gasteiger partial charge in [0.25, 0.3) is 0 Å². The van der Waals surface area contributed by atoms with Crippen molar-refractivity contribution < 1.29 is 4.74 Å². The monoisotopic (exact) mass is 337 g/mol. The lowest BCUT2D eigenvalue weighted by Gasteiger charge is -2.64. The molecule has 25 heavy (non-hydrogen) atoms. The maximum Gasteiger partial charge on any atom is 0.120 e. The molecule has 2 aliphatic rings. The van der Waals surface area contributed by atoms with Gasteiger partial charge in [-0.15, -0.1) is 0 Å². The fourth-order valence-electron chi connectivity index (χ4n) is 6.37. The molecule has 0 aromatic heterocycles. The molecule has 1 unspecified atom stereocenters. The first-order chi connectivity index (χ1) is 11.1. The van der Waals surface area contributed by atoms with Crippen LogP contribution in [0.2, 0.25) is 0 Å². The van der Waals surface area contributed by atoms with Gasteiger partial charge >= 0.3 is 0 Å². The molecule has 2 saturated heterocycles. The van der Waals surface area contributed by atoms with Gasteiger partial charge in [0.15, 0.2) is 0 Å². The van der Waals surface area contributed by atoms with Gasteiger partial charge in [0, 0.05) is 19.1 Å². The standard InChI is InChI=1S/C13H35B8N3O/c1-8(2)23-10(14,15)4-22(5-11(23,16)17)9(3)24-12(18,19)6-25-7-13(24,20)21/h8-9H,4-7,14-21H2,1-3H3. The summed E-state index contributed by atoms with van der Waals surface area (Å²) in [5.74, 6) is 0. The van der Waals surface area contributed by atoms with Gasteiger partial charge in [-0.05, 0) is 42.1 Å². The molecule has 0 aromatic carbocycles. The first-order valence-electron chi connectivity index (χ1n) is 10.0. The molecular weight excluding hydrogens is 301 g/mol. The van der Waals surface area contributed by atoms with Crippen LogP contribution in [0.3, 0.4) is 0 Å². The highest BCUT2D eigenvalue weighted by molar-refractivity contribution is 6.45. The average molecular weight is 336 g/mol. The Bertz CT molecular complexity index is 468. The molecule has 0 saturated carbocycles. The normalized spacial score (nSPS) is 30.9. The Morgan fingerprint density at radius 3 is 1.44 bits per heavy atom. The molecule has 0 amide bonds. The first-order valence-corrected chi connectivity index (χ1v) is 10.0. The van der Waals surface area contributed by atoms with Crippen LogP contribution in [-0.4, -0.2) is 137 Å². The summed E-state index contributed by atoms with van der Waals surface area (Å²) in [6.45, 7) is 10.9. The number of morpholine rings is 1. The van der Waals surface area contributed by atoms with E-state index in [0.717, 1.165) is 26.3 Å². The van der Waals surface area contributed by atoms with Gasteiger partial charge in [0.1, 0.15) is 62.8 Å². The topological polar surface area (TPSA) is 19.0 Å². The number of rotatable bonds is 3. The molecule has 0 bridgehead atoms. The highest BCUT2D eigenvalue weighted by Crippen LogP contribution is 2.33. The van der Waals surface area contributed by atoms with Crippen LogP contribution in [0.1, 0.15) is 20.8 Å². The Morgan fingerprint density at radius 2 is 1.08 bits per heavy atom. The minimum atomic E-state index is 0.0463. The average Bonchev–Trinajstić information content (AvgIpc) is 2.31. The summed E-state index contributed by atoms with van der Waals surface area (Å²) >= 11 is 0. The second kappa shape index (κ2) is 6.75. The van der Waals surface area contributed by atoms with Crippen LogP contribution in [0, 0.1) is 0 Å². The van der Waals surface area contributed by atoms with Crippen LogP contribution in [0.5, 0.6) is 0 Å². The fraction of sp³-hybridized carbons (Fsp3) is 1.00. The van der Waals surface area contributed by atoms with Crippen molar-refractivity contribution in [1.82, 2.24) is 14.7 Å². The van der Waals surface area contributed by atoms with Crippen LogP contribution in [0.25, 0.3) is 0 Å². The van der Waals surface area contributed by atoms with Crippen molar-refractivity contribution in [2.45, 2.75) is 54.3 Å². The molecule has 0 radical (unpaired) electrons. The molecule has 0 spiro atoms. The van der Waals surface area contributed by atoms with E-state index in [-0.39, 0.29) is 21.4 Å². The van der Waals surface area contributed by atoms with E-state index >= 15 is 0 Å². The lowest BCUT2D eigenvalue weighted by molar-refractivity contribution is -0.103. The van der Waals surface area contributed by atoms with Gasteiger partial charge in [0.2, 0.25) is 0 Å². The maximum atomic E-state index is 5.93. The van der Waals surface area contributed by atoms with E-state index in [0.29, 0.717) is 12.2 Å². The summed E-state index contributed by atoms with van der Waals surface area (Å²) in [5, 5.41) is 0.408. The van der Waals surface area contributed by atoms with Crippen LogP contribution in [-0.2, 0) is 4.74 Å². The first kappa shape index (κ1) is 21.7. The van der Waals surface area contributed by atoms with E-state index in [1.165, 1.54) is 0 Å². The van der Waals surface area contributed by atoms with Crippen molar-refractivity contribution in [2.75, 3.05) is 26.3 Å². The Hall–Kier alpha value is 0.359. The molecule has 0 aliphatic carbocycles. The molecule has 1 atom stereocenters. The third-order valence-corrected chi connectivity index (χ3v) is 6.12. The number of hydrogen-bond acceptors (Lipinski definition) is 4. The van der Waals surface area contributed by atoms with E-state index in [2.05, 4.69) is 98.2 Å². The van der Waals surface area contributed by atoms with E-state index in [4.69, 9.17) is 4.74 Å². The summed E-state index contributed by atoms with van der Waals surface area (Å²) in [7, 11) is 18.9. The van der Waals surface area contributed by atoms with Crippen molar-refractivity contribution in [2.24, 2.45) is 0 Å². The fourth-order valence-corrected chi connectivity index (χ4v) is 6.37. The SMILES string of the molecule is BC1(B)CN(C(C)N2C(B)(B)COCC2(B)B)CC(B)(B)N1C(C)C. The Morgan fingerprint density at radius 1 is 0.680 bits per heavy atom. The molecule has 0 aromatic rings. The molecule has 2 fully saturated rings. The summed E-state index contributed by atoms with van der Waals surface area (Å²) in [5.41, 5.74) is 0. The summed E-state index contributed by atoms with van der Waals surface area (Å²) in [4.78, 5) is 8.10. The molecule has 2 rings (SSSR count). The summed E-state index contributed by atoms with van der Waals surface area (Å²) in [6.07, 6.45) is 0.391. The molecule has 0 N–H and O–H groups in total. The van der Waals surface area contributed by atoms with Gasteiger partial charge in [-0.2, -0.15) is 0 Å². The zero-order chi connectivity index (χ0) is 19.4. The second-order valence-corrected chi connectivity index (χ2v) is 11.1. The summed E-state index contributed by atoms with van der Waals surface area (Å²) in [6, 6.07) is 0.554. The molecule has 2 heterocycles. The van der Waals surface area contributed by atoms with Crippen molar-refractivity contribution >= 4 is 62.8 Å². The number of hydrogen-bond donors (Lipinski definition) is 0. The number of ether oxygens (including phenoxy) is 1. The Balaban J connectivity index is 2.32. The predicted molar refractivity (Wildman–Crippen MR) is 130 cm³/mol. The molecule has 12 heteroatoms. The third-order valence-electron chi connectivity index (χ3n) is 6.12. The van der Waals surface area contributed by atoms with Gasteiger partial charge in [-0.1, -0.05) is 0 Å². The van der Waals surface area contributed by atoms with Crippen LogP contribution in [0.15, 0.2) is 0 Å². The molecule has 4 nitrogen and oxygen atoms in total. The highest BCUT2D eigenvalue weighted by Gasteiger charge is 2.50. The van der Waals surface area contributed by atoms with Gasteiger partial charge in [0.05, 0.1) is 19.4 Å². The zero-order valence-electron chi connectivity index (χ0n) is 18.7. The predicted octanol–water partition coefficient (Wildman–Crippen LogP) is -7.63. The smallest absolute Gasteiger partial charge is 0.120 e. The zero-order valence-corrected chi connectivity index (χ0v) is 18.7. The van der Waals surface area contributed by atoms with Crippen LogP contribution >= 0.6 is 0 Å². The second-order valence-electron chi connectivity index (χ2n) is 11.1. The largest absolute Gasteiger partial charge is 0.381 e. The van der Waals surface area contributed by atoms with Crippen molar-refractivity contribution in [3.63, 3.8) is 0 Å². The molecular formula is C13H35B8N3O. The van der Waals surface area contributed by atoms with Gasteiger partial charge < -0.3 is 14.5 Å². The van der Waals surface area contributed by atoms with Crippen molar-refractivity contribution in [1.29, 1.82) is 0 Å². The van der Waals surface area contributed by atoms with E-state index in [1.807, 2.05) is 0 Å². The molecule has 2 aliphatic heterocycles. The minimum absolute atomic E-state index is 0.0463. The maximum absolute atomic E-state index is 5.93. The van der Waals surface area contributed by atoms with E-state index in [1.54, 1.807) is 0 Å². The van der Waals surface area contributed by atoms with Gasteiger partial charge in [-0.3, -0.25) is 4.90 Å². The van der Waals surface area contributed by atoms with Gasteiger partial charge in [-0.25, -0.2) is 0 Å². The third kappa shape index (κ3) is 4.12. The Kier molecular flexibility index (Phi) is 5.85. The number of nitrogens with zero attached hydrogens (tertiary/aromatic N) is 3. The van der Waals surface area contributed by atoms with E-state index < -0.39 is 0 Å². The van der Waals surface area contributed by atoms with Crippen molar-refractivity contribution in [3.8, 4) is 0 Å². The van der Waals surface area contributed by atoms with Crippen LogP contribution < -0.4 is 0 Å².